The van der Waals surface area contributed by atoms with Crippen LogP contribution in [0.25, 0.3) is 21.2 Å². The Hall–Kier alpha value is -3.29. The van der Waals surface area contributed by atoms with Gasteiger partial charge in [0.15, 0.2) is 0 Å². The molecule has 4 aromatic rings. The molecule has 0 saturated heterocycles. The lowest BCUT2D eigenvalue weighted by atomic mass is 9.89. The van der Waals surface area contributed by atoms with Gasteiger partial charge in [-0.15, -0.1) is 11.3 Å². The van der Waals surface area contributed by atoms with Crippen LogP contribution in [0.15, 0.2) is 60.9 Å². The van der Waals surface area contributed by atoms with Crippen LogP contribution in [-0.4, -0.2) is 42.0 Å². The van der Waals surface area contributed by atoms with Gasteiger partial charge < -0.3 is 15.0 Å². The number of nitrogens with one attached hydrogen (secondary N) is 1. The van der Waals surface area contributed by atoms with Gasteiger partial charge in [0.25, 0.3) is 5.91 Å². The Morgan fingerprint density at radius 1 is 1.11 bits per heavy atom. The van der Waals surface area contributed by atoms with Crippen LogP contribution in [0.4, 0.5) is 4.39 Å². The Balaban J connectivity index is 1.54. The highest BCUT2D eigenvalue weighted by atomic mass is 32.1. The quantitative estimate of drug-likeness (QED) is 0.300. The average Bonchev–Trinajstić information content (AvgIpc) is 3.29. The first kappa shape index (κ1) is 25.4. The molecular formula is C30H32FN3O2S. The van der Waals surface area contributed by atoms with E-state index in [2.05, 4.69) is 16.4 Å². The monoisotopic (exact) mass is 517 g/mol. The van der Waals surface area contributed by atoms with Gasteiger partial charge in [0.1, 0.15) is 11.6 Å². The highest BCUT2D eigenvalue weighted by Crippen LogP contribution is 2.36. The number of rotatable bonds is 7. The molecule has 5 rings (SSSR count). The molecule has 0 aliphatic heterocycles. The van der Waals surface area contributed by atoms with Crippen LogP contribution in [0.5, 0.6) is 5.75 Å². The number of hydrogen-bond acceptors (Lipinski definition) is 5. The SMILES string of the molecule is CNC1CCC(N(Cc2cc(-c3ccncc3)ccc2OC)C(=O)c2sc3cccc(F)c3c2C)CC1. The third kappa shape index (κ3) is 5.11. The first-order valence-corrected chi connectivity index (χ1v) is 13.5. The van der Waals surface area contributed by atoms with E-state index in [9.17, 15) is 9.18 Å². The molecule has 0 bridgehead atoms. The summed E-state index contributed by atoms with van der Waals surface area (Å²) < 4.78 is 21.2. The van der Waals surface area contributed by atoms with Crippen molar-refractivity contribution >= 4 is 27.3 Å². The summed E-state index contributed by atoms with van der Waals surface area (Å²) in [5.74, 6) is 0.430. The van der Waals surface area contributed by atoms with Crippen LogP contribution in [0.2, 0.25) is 0 Å². The van der Waals surface area contributed by atoms with E-state index in [1.807, 2.05) is 49.2 Å². The number of pyridine rings is 1. The number of carbonyl (C=O) groups excluding carboxylic acids is 1. The third-order valence-electron chi connectivity index (χ3n) is 7.54. The van der Waals surface area contributed by atoms with Crippen molar-refractivity contribution in [2.45, 2.75) is 51.2 Å². The minimum atomic E-state index is -0.280. The van der Waals surface area contributed by atoms with Crippen molar-refractivity contribution < 1.29 is 13.9 Å². The number of carbonyl (C=O) groups is 1. The smallest absolute Gasteiger partial charge is 0.264 e. The largest absolute Gasteiger partial charge is 0.496 e. The maximum absolute atomic E-state index is 14.7. The average molecular weight is 518 g/mol. The molecule has 0 radical (unpaired) electrons. The van der Waals surface area contributed by atoms with E-state index in [0.29, 0.717) is 22.8 Å². The zero-order valence-corrected chi connectivity index (χ0v) is 22.3. The van der Waals surface area contributed by atoms with Crippen molar-refractivity contribution in [1.82, 2.24) is 15.2 Å². The molecule has 0 unspecified atom stereocenters. The van der Waals surface area contributed by atoms with Crippen molar-refractivity contribution in [3.63, 3.8) is 0 Å². The Morgan fingerprint density at radius 2 is 1.86 bits per heavy atom. The zero-order chi connectivity index (χ0) is 25.9. The van der Waals surface area contributed by atoms with Crippen LogP contribution >= 0.6 is 11.3 Å². The number of thiophene rings is 1. The molecule has 2 aromatic heterocycles. The summed E-state index contributed by atoms with van der Waals surface area (Å²) in [6.45, 7) is 2.28. The van der Waals surface area contributed by atoms with Gasteiger partial charge in [-0.25, -0.2) is 4.39 Å². The van der Waals surface area contributed by atoms with E-state index in [0.717, 1.165) is 58.4 Å². The topological polar surface area (TPSA) is 54.5 Å². The predicted molar refractivity (Wildman–Crippen MR) is 148 cm³/mol. The van der Waals surface area contributed by atoms with Gasteiger partial charge in [0.2, 0.25) is 0 Å². The molecule has 192 valence electrons. The summed E-state index contributed by atoms with van der Waals surface area (Å²) >= 11 is 1.38. The highest BCUT2D eigenvalue weighted by Gasteiger charge is 2.32. The van der Waals surface area contributed by atoms with Crippen molar-refractivity contribution in [2.75, 3.05) is 14.2 Å². The summed E-state index contributed by atoms with van der Waals surface area (Å²) in [6.07, 6.45) is 7.42. The normalized spacial score (nSPS) is 17.6. The van der Waals surface area contributed by atoms with E-state index in [1.54, 1.807) is 25.6 Å². The van der Waals surface area contributed by atoms with Crippen LogP contribution < -0.4 is 10.1 Å². The number of methoxy groups -OCH3 is 1. The van der Waals surface area contributed by atoms with Crippen molar-refractivity contribution in [1.29, 1.82) is 0 Å². The van der Waals surface area contributed by atoms with Gasteiger partial charge in [0.05, 0.1) is 12.0 Å². The third-order valence-corrected chi connectivity index (χ3v) is 8.78. The molecule has 1 aliphatic rings. The summed E-state index contributed by atoms with van der Waals surface area (Å²) in [6, 6.07) is 15.7. The Kier molecular flexibility index (Phi) is 7.53. The molecule has 37 heavy (non-hydrogen) atoms. The number of nitrogens with zero attached hydrogens (tertiary/aromatic N) is 2. The van der Waals surface area contributed by atoms with Gasteiger partial charge in [0, 0.05) is 46.7 Å². The van der Waals surface area contributed by atoms with E-state index in [-0.39, 0.29) is 17.8 Å². The number of halogens is 1. The first-order chi connectivity index (χ1) is 18.0. The van der Waals surface area contributed by atoms with Crippen LogP contribution in [0.3, 0.4) is 0 Å². The molecule has 1 saturated carbocycles. The molecule has 1 amide bonds. The minimum Gasteiger partial charge on any atom is -0.496 e. The predicted octanol–water partition coefficient (Wildman–Crippen LogP) is 6.59. The maximum atomic E-state index is 14.7. The van der Waals surface area contributed by atoms with Gasteiger partial charge in [-0.2, -0.15) is 0 Å². The molecule has 2 aromatic carbocycles. The second kappa shape index (κ2) is 11.0. The Labute approximate surface area is 221 Å². The Morgan fingerprint density at radius 3 is 2.54 bits per heavy atom. The number of ether oxygens (including phenoxy) is 1. The van der Waals surface area contributed by atoms with Crippen molar-refractivity contribution in [3.8, 4) is 16.9 Å². The van der Waals surface area contributed by atoms with Crippen molar-refractivity contribution in [3.05, 3.63) is 82.7 Å². The standard InChI is InChI=1S/C30H32FN3O2S/c1-19-28-25(31)5-4-6-27(28)37-29(19)30(35)34(24-10-8-23(32-2)9-11-24)18-22-17-21(7-12-26(22)36-3)20-13-15-33-16-14-20/h4-7,12-17,23-24,32H,8-11,18H2,1-3H3. The fourth-order valence-corrected chi connectivity index (χ4v) is 6.62. The number of hydrogen-bond donors (Lipinski definition) is 1. The molecule has 0 atom stereocenters. The highest BCUT2D eigenvalue weighted by molar-refractivity contribution is 7.21. The fraction of sp³-hybridized carbons (Fsp3) is 0.333. The number of amides is 1. The number of aryl methyl sites for hydroxylation is 1. The van der Waals surface area contributed by atoms with Gasteiger partial charge in [-0.3, -0.25) is 9.78 Å². The summed E-state index contributed by atoms with van der Waals surface area (Å²) in [7, 11) is 3.66. The second-order valence-electron chi connectivity index (χ2n) is 9.66. The van der Waals surface area contributed by atoms with E-state index in [1.165, 1.54) is 17.4 Å². The minimum absolute atomic E-state index is 0.0395. The maximum Gasteiger partial charge on any atom is 0.264 e. The number of benzene rings is 2. The summed E-state index contributed by atoms with van der Waals surface area (Å²) in [5, 5.41) is 3.93. The molecule has 5 nitrogen and oxygen atoms in total. The second-order valence-corrected chi connectivity index (χ2v) is 10.7. The Bertz CT molecular complexity index is 1400. The van der Waals surface area contributed by atoms with E-state index >= 15 is 0 Å². The lowest BCUT2D eigenvalue weighted by Crippen LogP contribution is -2.44. The molecule has 1 aliphatic carbocycles. The molecule has 7 heteroatoms. The number of fused-ring (bicyclic) bond motifs is 1. The van der Waals surface area contributed by atoms with E-state index in [4.69, 9.17) is 4.74 Å². The van der Waals surface area contributed by atoms with Gasteiger partial charge >= 0.3 is 0 Å². The van der Waals surface area contributed by atoms with Crippen LogP contribution in [-0.2, 0) is 6.54 Å². The summed E-state index contributed by atoms with van der Waals surface area (Å²) in [4.78, 5) is 20.9. The van der Waals surface area contributed by atoms with E-state index < -0.39 is 0 Å². The van der Waals surface area contributed by atoms with Crippen LogP contribution in [0, 0.1) is 12.7 Å². The fourth-order valence-electron chi connectivity index (χ4n) is 5.44. The molecule has 1 N–H and O–H groups in total. The molecular weight excluding hydrogens is 485 g/mol. The van der Waals surface area contributed by atoms with Gasteiger partial charge in [-0.05, 0) is 92.7 Å². The number of aromatic nitrogens is 1. The van der Waals surface area contributed by atoms with Gasteiger partial charge in [-0.1, -0.05) is 12.1 Å². The first-order valence-electron chi connectivity index (χ1n) is 12.7. The lowest BCUT2D eigenvalue weighted by molar-refractivity contribution is 0.0604. The zero-order valence-electron chi connectivity index (χ0n) is 21.5. The molecule has 2 heterocycles. The molecule has 0 spiro atoms. The van der Waals surface area contributed by atoms with Crippen LogP contribution in [0.1, 0.15) is 46.5 Å². The lowest BCUT2D eigenvalue weighted by Gasteiger charge is -2.37. The summed E-state index contributed by atoms with van der Waals surface area (Å²) in [5.41, 5.74) is 3.77. The molecule has 1 fully saturated rings. The van der Waals surface area contributed by atoms with Crippen molar-refractivity contribution in [2.24, 2.45) is 0 Å².